The van der Waals surface area contributed by atoms with Crippen molar-refractivity contribution in [3.8, 4) is 5.75 Å². The Labute approximate surface area is 176 Å². The van der Waals surface area contributed by atoms with E-state index in [0.29, 0.717) is 34.4 Å². The van der Waals surface area contributed by atoms with Crippen LogP contribution in [0.2, 0.25) is 15.1 Å². The van der Waals surface area contributed by atoms with E-state index >= 15 is 0 Å². The summed E-state index contributed by atoms with van der Waals surface area (Å²) in [5, 5.41) is 4.86. The molecular formula is C19H16Cl3N3O3. The van der Waals surface area contributed by atoms with E-state index in [-0.39, 0.29) is 16.0 Å². The molecule has 28 heavy (non-hydrogen) atoms. The van der Waals surface area contributed by atoms with Gasteiger partial charge in [0.05, 0.1) is 27.0 Å². The van der Waals surface area contributed by atoms with Crippen molar-refractivity contribution < 1.29 is 14.1 Å². The van der Waals surface area contributed by atoms with Gasteiger partial charge in [-0.25, -0.2) is 0 Å². The number of aromatic nitrogens is 1. The van der Waals surface area contributed by atoms with Crippen molar-refractivity contribution in [1.82, 2.24) is 10.6 Å². The lowest BCUT2D eigenvalue weighted by Gasteiger charge is -2.13. The van der Waals surface area contributed by atoms with Gasteiger partial charge in [0, 0.05) is 10.6 Å². The van der Waals surface area contributed by atoms with Crippen LogP contribution in [0.25, 0.3) is 0 Å². The van der Waals surface area contributed by atoms with Crippen LogP contribution in [0.4, 0.5) is 5.69 Å². The minimum absolute atomic E-state index is 0.286. The first-order valence-electron chi connectivity index (χ1n) is 8.20. The molecule has 146 valence electrons. The summed E-state index contributed by atoms with van der Waals surface area (Å²) in [7, 11) is 0. The molecule has 1 aromatic heterocycles. The van der Waals surface area contributed by atoms with Crippen molar-refractivity contribution >= 4 is 46.4 Å². The first-order chi connectivity index (χ1) is 13.3. The van der Waals surface area contributed by atoms with E-state index in [0.717, 1.165) is 11.3 Å². The highest BCUT2D eigenvalue weighted by Crippen LogP contribution is 2.33. The summed E-state index contributed by atoms with van der Waals surface area (Å²) in [6, 6.07) is 9.81. The third-order valence-corrected chi connectivity index (χ3v) is 4.78. The van der Waals surface area contributed by atoms with Gasteiger partial charge in [-0.05, 0) is 44.2 Å². The first kappa shape index (κ1) is 20.3. The van der Waals surface area contributed by atoms with Gasteiger partial charge in [0.2, 0.25) is 0 Å². The van der Waals surface area contributed by atoms with E-state index in [1.165, 1.54) is 12.1 Å². The van der Waals surface area contributed by atoms with Gasteiger partial charge in [-0.1, -0.05) is 46.0 Å². The quantitative estimate of drug-likeness (QED) is 0.489. The fourth-order valence-corrected chi connectivity index (χ4v) is 3.36. The maximum Gasteiger partial charge on any atom is 0.269 e. The molecule has 1 amide bonds. The lowest BCUT2D eigenvalue weighted by molar-refractivity contribution is 0.0962. The van der Waals surface area contributed by atoms with Crippen molar-refractivity contribution in [2.45, 2.75) is 20.5 Å². The smallest absolute Gasteiger partial charge is 0.269 e. The number of amides is 1. The Bertz CT molecular complexity index is 978. The standard InChI is InChI=1S/C19H16Cl3N3O3/c1-10-15(11(2)28-25-10)9-27-14-5-3-4-12(6-14)19(26)24-23-18-16(21)7-13(20)8-17(18)22/h3-8,23H,9H2,1-2H3,(H,24,26). The fourth-order valence-electron chi connectivity index (χ4n) is 2.44. The highest BCUT2D eigenvalue weighted by atomic mass is 35.5. The number of hydrogen-bond acceptors (Lipinski definition) is 5. The minimum atomic E-state index is -0.384. The zero-order valence-electron chi connectivity index (χ0n) is 15.0. The van der Waals surface area contributed by atoms with Crippen molar-refractivity contribution in [2.24, 2.45) is 0 Å². The molecule has 0 unspecified atom stereocenters. The second-order valence-electron chi connectivity index (χ2n) is 5.94. The molecule has 3 rings (SSSR count). The monoisotopic (exact) mass is 439 g/mol. The number of aryl methyl sites for hydroxylation is 2. The van der Waals surface area contributed by atoms with Gasteiger partial charge >= 0.3 is 0 Å². The van der Waals surface area contributed by atoms with E-state index < -0.39 is 0 Å². The van der Waals surface area contributed by atoms with Crippen LogP contribution in [0.1, 0.15) is 27.4 Å². The van der Waals surface area contributed by atoms with Crippen LogP contribution < -0.4 is 15.6 Å². The van der Waals surface area contributed by atoms with Gasteiger partial charge in [0.25, 0.3) is 5.91 Å². The zero-order chi connectivity index (χ0) is 20.3. The summed E-state index contributed by atoms with van der Waals surface area (Å²) in [6.45, 7) is 3.96. The van der Waals surface area contributed by atoms with Crippen LogP contribution in [0.5, 0.6) is 5.75 Å². The molecule has 0 aliphatic rings. The summed E-state index contributed by atoms with van der Waals surface area (Å²) in [5.41, 5.74) is 7.66. The molecule has 3 aromatic rings. The summed E-state index contributed by atoms with van der Waals surface area (Å²) in [6.07, 6.45) is 0. The molecular weight excluding hydrogens is 425 g/mol. The predicted octanol–water partition coefficient (Wildman–Crippen LogP) is 5.59. The number of ether oxygens (including phenoxy) is 1. The molecule has 1 heterocycles. The molecule has 0 radical (unpaired) electrons. The maximum absolute atomic E-state index is 12.4. The fraction of sp³-hybridized carbons (Fsp3) is 0.158. The van der Waals surface area contributed by atoms with Gasteiger partial charge in [0.1, 0.15) is 18.1 Å². The number of nitrogens with zero attached hydrogens (tertiary/aromatic N) is 1. The van der Waals surface area contributed by atoms with Crippen LogP contribution in [0.15, 0.2) is 40.9 Å². The molecule has 0 aliphatic carbocycles. The molecule has 0 aliphatic heterocycles. The van der Waals surface area contributed by atoms with E-state index in [9.17, 15) is 4.79 Å². The molecule has 0 saturated carbocycles. The number of rotatable bonds is 6. The zero-order valence-corrected chi connectivity index (χ0v) is 17.2. The van der Waals surface area contributed by atoms with Gasteiger partial charge < -0.3 is 9.26 Å². The SMILES string of the molecule is Cc1noc(C)c1COc1cccc(C(=O)NNc2c(Cl)cc(Cl)cc2Cl)c1. The second-order valence-corrected chi connectivity index (χ2v) is 7.19. The summed E-state index contributed by atoms with van der Waals surface area (Å²) >= 11 is 18.1. The molecule has 2 aromatic carbocycles. The third-order valence-electron chi connectivity index (χ3n) is 3.97. The molecule has 0 fully saturated rings. The Balaban J connectivity index is 1.66. The Morgan fingerprint density at radius 2 is 1.86 bits per heavy atom. The number of anilines is 1. The van der Waals surface area contributed by atoms with E-state index in [2.05, 4.69) is 16.0 Å². The van der Waals surface area contributed by atoms with Gasteiger partial charge in [-0.2, -0.15) is 0 Å². The molecule has 0 saturated heterocycles. The Hall–Kier alpha value is -2.41. The average molecular weight is 441 g/mol. The van der Waals surface area contributed by atoms with E-state index in [1.807, 2.05) is 13.8 Å². The number of halogens is 3. The van der Waals surface area contributed by atoms with Crippen molar-refractivity contribution in [2.75, 3.05) is 5.43 Å². The average Bonchev–Trinajstić information content (AvgIpc) is 2.97. The topological polar surface area (TPSA) is 76.4 Å². The minimum Gasteiger partial charge on any atom is -0.489 e. The van der Waals surface area contributed by atoms with Crippen LogP contribution in [-0.2, 0) is 6.61 Å². The lowest BCUT2D eigenvalue weighted by Crippen LogP contribution is -2.29. The van der Waals surface area contributed by atoms with Crippen LogP contribution >= 0.6 is 34.8 Å². The van der Waals surface area contributed by atoms with Gasteiger partial charge in [-0.15, -0.1) is 0 Å². The second kappa shape index (κ2) is 8.73. The molecule has 0 bridgehead atoms. The molecule has 0 atom stereocenters. The Morgan fingerprint density at radius 1 is 1.14 bits per heavy atom. The highest BCUT2D eigenvalue weighted by molar-refractivity contribution is 6.41. The van der Waals surface area contributed by atoms with E-state index in [4.69, 9.17) is 44.1 Å². The Morgan fingerprint density at radius 3 is 2.50 bits per heavy atom. The number of carbonyl (C=O) groups excluding carboxylic acids is 1. The maximum atomic E-state index is 12.4. The van der Waals surface area contributed by atoms with Crippen molar-refractivity contribution in [3.05, 3.63) is 74.0 Å². The molecule has 0 spiro atoms. The van der Waals surface area contributed by atoms with Crippen LogP contribution in [-0.4, -0.2) is 11.1 Å². The summed E-state index contributed by atoms with van der Waals surface area (Å²) in [5.74, 6) is 0.854. The molecule has 9 heteroatoms. The largest absolute Gasteiger partial charge is 0.489 e. The number of nitrogens with one attached hydrogen (secondary N) is 2. The summed E-state index contributed by atoms with van der Waals surface area (Å²) in [4.78, 5) is 12.4. The van der Waals surface area contributed by atoms with Gasteiger partial charge in [0.15, 0.2) is 0 Å². The number of benzene rings is 2. The lowest BCUT2D eigenvalue weighted by atomic mass is 10.2. The van der Waals surface area contributed by atoms with Crippen molar-refractivity contribution in [3.63, 3.8) is 0 Å². The highest BCUT2D eigenvalue weighted by Gasteiger charge is 2.12. The Kier molecular flexibility index (Phi) is 6.34. The third kappa shape index (κ3) is 4.70. The van der Waals surface area contributed by atoms with Crippen LogP contribution in [0, 0.1) is 13.8 Å². The molecule has 6 nitrogen and oxygen atoms in total. The molecule has 2 N–H and O–H groups in total. The van der Waals surface area contributed by atoms with Crippen molar-refractivity contribution in [1.29, 1.82) is 0 Å². The van der Waals surface area contributed by atoms with Gasteiger partial charge in [-0.3, -0.25) is 15.6 Å². The number of hydrogen-bond donors (Lipinski definition) is 2. The van der Waals surface area contributed by atoms with Crippen LogP contribution in [0.3, 0.4) is 0 Å². The number of hydrazine groups is 1. The first-order valence-corrected chi connectivity index (χ1v) is 9.34. The number of carbonyl (C=O) groups is 1. The predicted molar refractivity (Wildman–Crippen MR) is 109 cm³/mol. The normalized spacial score (nSPS) is 10.6. The summed E-state index contributed by atoms with van der Waals surface area (Å²) < 4.78 is 10.9. The van der Waals surface area contributed by atoms with E-state index in [1.54, 1.807) is 24.3 Å².